The van der Waals surface area contributed by atoms with Gasteiger partial charge < -0.3 is 15.0 Å². The molecule has 1 aromatic carbocycles. The Morgan fingerprint density at radius 2 is 1.94 bits per heavy atom. The van der Waals surface area contributed by atoms with Crippen LogP contribution in [0.5, 0.6) is 5.75 Å². The molecule has 0 amide bonds. The SMILES string of the molecule is CCC(C)N(C)CCOc1ccc(CNC)cc1. The van der Waals surface area contributed by atoms with Gasteiger partial charge in [-0.3, -0.25) is 0 Å². The van der Waals surface area contributed by atoms with Gasteiger partial charge in [0, 0.05) is 19.1 Å². The highest BCUT2D eigenvalue weighted by atomic mass is 16.5. The Hall–Kier alpha value is -1.06. The first kappa shape index (κ1) is 15.0. The molecule has 1 N–H and O–H groups in total. The first-order valence-corrected chi connectivity index (χ1v) is 6.74. The van der Waals surface area contributed by atoms with Crippen LogP contribution >= 0.6 is 0 Å². The summed E-state index contributed by atoms with van der Waals surface area (Å²) >= 11 is 0. The van der Waals surface area contributed by atoms with Gasteiger partial charge in [0.05, 0.1) is 0 Å². The Morgan fingerprint density at radius 1 is 1.28 bits per heavy atom. The Morgan fingerprint density at radius 3 is 2.50 bits per heavy atom. The van der Waals surface area contributed by atoms with E-state index in [4.69, 9.17) is 4.74 Å². The monoisotopic (exact) mass is 250 g/mol. The number of hydrogen-bond acceptors (Lipinski definition) is 3. The van der Waals surface area contributed by atoms with Gasteiger partial charge in [-0.25, -0.2) is 0 Å². The number of hydrogen-bond donors (Lipinski definition) is 1. The topological polar surface area (TPSA) is 24.5 Å². The molecule has 0 saturated heterocycles. The number of rotatable bonds is 8. The third kappa shape index (κ3) is 5.07. The fourth-order valence-corrected chi connectivity index (χ4v) is 1.75. The summed E-state index contributed by atoms with van der Waals surface area (Å²) in [6.07, 6.45) is 1.18. The molecule has 0 radical (unpaired) electrons. The zero-order valence-electron chi connectivity index (χ0n) is 12.1. The number of nitrogens with zero attached hydrogens (tertiary/aromatic N) is 1. The lowest BCUT2D eigenvalue weighted by molar-refractivity contribution is 0.196. The third-order valence-electron chi connectivity index (χ3n) is 3.36. The van der Waals surface area contributed by atoms with Crippen molar-refractivity contribution in [2.45, 2.75) is 32.9 Å². The highest BCUT2D eigenvalue weighted by molar-refractivity contribution is 5.27. The molecule has 0 aliphatic rings. The quantitative estimate of drug-likeness (QED) is 0.767. The minimum absolute atomic E-state index is 0.617. The Labute approximate surface area is 111 Å². The summed E-state index contributed by atoms with van der Waals surface area (Å²) in [5, 5.41) is 3.13. The lowest BCUT2D eigenvalue weighted by Crippen LogP contribution is -2.32. The van der Waals surface area contributed by atoms with Crippen LogP contribution in [-0.4, -0.2) is 38.2 Å². The van der Waals surface area contributed by atoms with Crippen LogP contribution in [0.15, 0.2) is 24.3 Å². The van der Waals surface area contributed by atoms with Crippen LogP contribution < -0.4 is 10.1 Å². The minimum atomic E-state index is 0.617. The van der Waals surface area contributed by atoms with Crippen molar-refractivity contribution in [2.24, 2.45) is 0 Å². The first-order chi connectivity index (χ1) is 8.67. The standard InChI is InChI=1S/C15H26N2O/c1-5-13(2)17(4)10-11-18-15-8-6-14(7-9-15)12-16-3/h6-9,13,16H,5,10-12H2,1-4H3. The summed E-state index contributed by atoms with van der Waals surface area (Å²) in [4.78, 5) is 2.33. The van der Waals surface area contributed by atoms with Gasteiger partial charge >= 0.3 is 0 Å². The lowest BCUT2D eigenvalue weighted by atomic mass is 10.2. The second-order valence-electron chi connectivity index (χ2n) is 4.76. The molecule has 1 unspecified atom stereocenters. The first-order valence-electron chi connectivity index (χ1n) is 6.74. The second-order valence-corrected chi connectivity index (χ2v) is 4.76. The maximum absolute atomic E-state index is 5.74. The van der Waals surface area contributed by atoms with Crippen LogP contribution in [0.4, 0.5) is 0 Å². The molecule has 0 aromatic heterocycles. The Kier molecular flexibility index (Phi) is 6.76. The molecule has 0 aliphatic carbocycles. The van der Waals surface area contributed by atoms with Gasteiger partial charge in [-0.1, -0.05) is 19.1 Å². The predicted molar refractivity (Wildman–Crippen MR) is 77.1 cm³/mol. The number of likely N-dealkylation sites (N-methyl/N-ethyl adjacent to an activating group) is 1. The summed E-state index contributed by atoms with van der Waals surface area (Å²) in [7, 11) is 4.10. The summed E-state index contributed by atoms with van der Waals surface area (Å²) in [6.45, 7) is 7.06. The smallest absolute Gasteiger partial charge is 0.119 e. The van der Waals surface area contributed by atoms with Crippen molar-refractivity contribution in [1.82, 2.24) is 10.2 Å². The summed E-state index contributed by atoms with van der Waals surface area (Å²) in [5.41, 5.74) is 1.28. The minimum Gasteiger partial charge on any atom is -0.492 e. The van der Waals surface area contributed by atoms with Crippen LogP contribution in [0.25, 0.3) is 0 Å². The molecule has 0 fully saturated rings. The van der Waals surface area contributed by atoms with E-state index >= 15 is 0 Å². The summed E-state index contributed by atoms with van der Waals surface area (Å²) < 4.78 is 5.74. The molecule has 3 heteroatoms. The molecule has 1 atom stereocenters. The van der Waals surface area contributed by atoms with E-state index in [-0.39, 0.29) is 0 Å². The van der Waals surface area contributed by atoms with Gasteiger partial charge in [0.1, 0.15) is 12.4 Å². The average Bonchev–Trinajstić information content (AvgIpc) is 2.40. The van der Waals surface area contributed by atoms with Crippen molar-refractivity contribution in [2.75, 3.05) is 27.2 Å². The summed E-state index contributed by atoms with van der Waals surface area (Å²) in [6, 6.07) is 8.90. The van der Waals surface area contributed by atoms with Gasteiger partial charge in [-0.15, -0.1) is 0 Å². The molecular formula is C15H26N2O. The molecule has 3 nitrogen and oxygen atoms in total. The van der Waals surface area contributed by atoms with Crippen molar-refractivity contribution in [1.29, 1.82) is 0 Å². The van der Waals surface area contributed by atoms with Gasteiger partial charge in [-0.05, 0) is 45.1 Å². The summed E-state index contributed by atoms with van der Waals surface area (Å²) in [5.74, 6) is 0.951. The van der Waals surface area contributed by atoms with Gasteiger partial charge in [0.25, 0.3) is 0 Å². The van der Waals surface area contributed by atoms with Crippen LogP contribution in [0, 0.1) is 0 Å². The van der Waals surface area contributed by atoms with Gasteiger partial charge in [-0.2, -0.15) is 0 Å². The molecular weight excluding hydrogens is 224 g/mol. The van der Waals surface area contributed by atoms with Crippen LogP contribution in [0.2, 0.25) is 0 Å². The second kappa shape index (κ2) is 8.11. The fourth-order valence-electron chi connectivity index (χ4n) is 1.75. The van der Waals surface area contributed by atoms with E-state index in [1.807, 2.05) is 19.2 Å². The highest BCUT2D eigenvalue weighted by Crippen LogP contribution is 2.12. The van der Waals surface area contributed by atoms with Crippen molar-refractivity contribution < 1.29 is 4.74 Å². The molecule has 18 heavy (non-hydrogen) atoms. The Bertz CT molecular complexity index is 324. The molecule has 1 rings (SSSR count). The van der Waals surface area contributed by atoms with E-state index in [9.17, 15) is 0 Å². The number of nitrogens with one attached hydrogen (secondary N) is 1. The number of benzene rings is 1. The van der Waals surface area contributed by atoms with E-state index in [1.54, 1.807) is 0 Å². The zero-order valence-corrected chi connectivity index (χ0v) is 12.1. The van der Waals surface area contributed by atoms with E-state index in [0.717, 1.165) is 25.4 Å². The molecule has 1 aromatic rings. The average molecular weight is 250 g/mol. The molecule has 0 saturated carbocycles. The molecule has 102 valence electrons. The van der Waals surface area contributed by atoms with Crippen molar-refractivity contribution >= 4 is 0 Å². The van der Waals surface area contributed by atoms with E-state index < -0.39 is 0 Å². The van der Waals surface area contributed by atoms with E-state index in [0.29, 0.717) is 6.04 Å². The van der Waals surface area contributed by atoms with Crippen molar-refractivity contribution in [3.63, 3.8) is 0 Å². The number of ether oxygens (including phenoxy) is 1. The zero-order chi connectivity index (χ0) is 13.4. The normalized spacial score (nSPS) is 12.7. The highest BCUT2D eigenvalue weighted by Gasteiger charge is 2.05. The predicted octanol–water partition coefficient (Wildman–Crippen LogP) is 2.52. The van der Waals surface area contributed by atoms with Crippen molar-refractivity contribution in [3.8, 4) is 5.75 Å². The van der Waals surface area contributed by atoms with E-state index in [1.165, 1.54) is 12.0 Å². The maximum atomic E-state index is 5.74. The van der Waals surface area contributed by atoms with Crippen LogP contribution in [-0.2, 0) is 6.54 Å². The van der Waals surface area contributed by atoms with Gasteiger partial charge in [0.15, 0.2) is 0 Å². The lowest BCUT2D eigenvalue weighted by Gasteiger charge is -2.23. The Balaban J connectivity index is 2.31. The molecule has 0 bridgehead atoms. The maximum Gasteiger partial charge on any atom is 0.119 e. The largest absolute Gasteiger partial charge is 0.492 e. The molecule has 0 spiro atoms. The van der Waals surface area contributed by atoms with Gasteiger partial charge in [0.2, 0.25) is 0 Å². The van der Waals surface area contributed by atoms with Crippen LogP contribution in [0.3, 0.4) is 0 Å². The van der Waals surface area contributed by atoms with Crippen LogP contribution in [0.1, 0.15) is 25.8 Å². The van der Waals surface area contributed by atoms with E-state index in [2.05, 4.69) is 43.2 Å². The molecule has 0 heterocycles. The van der Waals surface area contributed by atoms with Crippen molar-refractivity contribution in [3.05, 3.63) is 29.8 Å². The molecule has 0 aliphatic heterocycles. The third-order valence-corrected chi connectivity index (χ3v) is 3.36. The fraction of sp³-hybridized carbons (Fsp3) is 0.600.